The van der Waals surface area contributed by atoms with E-state index in [0.29, 0.717) is 12.3 Å². The van der Waals surface area contributed by atoms with E-state index in [1.54, 1.807) is 20.4 Å². The third-order valence-electron chi connectivity index (χ3n) is 2.51. The smallest absolute Gasteiger partial charge is 0.141 e. The van der Waals surface area contributed by atoms with Gasteiger partial charge in [-0.1, -0.05) is 0 Å². The number of H-pyrrole nitrogens is 1. The van der Waals surface area contributed by atoms with Gasteiger partial charge in [0, 0.05) is 24.5 Å². The molecule has 2 rings (SSSR count). The summed E-state index contributed by atoms with van der Waals surface area (Å²) < 4.78 is 10.5. The van der Waals surface area contributed by atoms with Gasteiger partial charge in [-0.3, -0.25) is 0 Å². The molecule has 3 N–H and O–H groups in total. The van der Waals surface area contributed by atoms with Gasteiger partial charge in [-0.2, -0.15) is 0 Å². The van der Waals surface area contributed by atoms with Crippen LogP contribution in [0.5, 0.6) is 11.5 Å². The predicted molar refractivity (Wildman–Crippen MR) is 65.0 cm³/mol. The van der Waals surface area contributed by atoms with Crippen LogP contribution in [0.15, 0.2) is 24.4 Å². The maximum absolute atomic E-state index is 5.53. The summed E-state index contributed by atoms with van der Waals surface area (Å²) in [5, 5.41) is 0. The Balaban J connectivity index is 2.43. The third kappa shape index (κ3) is 2.24. The zero-order valence-electron chi connectivity index (χ0n) is 9.86. The molecule has 1 aromatic heterocycles. The number of benzene rings is 1. The fourth-order valence-electron chi connectivity index (χ4n) is 1.59. The molecular weight excluding hydrogens is 218 g/mol. The van der Waals surface area contributed by atoms with Gasteiger partial charge in [-0.15, -0.1) is 0 Å². The molecule has 0 aliphatic heterocycles. The molecule has 0 amide bonds. The summed E-state index contributed by atoms with van der Waals surface area (Å²) in [6.07, 6.45) is 1.72. The number of nitrogens with zero attached hydrogens (tertiary/aromatic N) is 1. The van der Waals surface area contributed by atoms with Crippen LogP contribution >= 0.6 is 0 Å². The maximum Gasteiger partial charge on any atom is 0.141 e. The quantitative estimate of drug-likeness (QED) is 0.840. The van der Waals surface area contributed by atoms with Crippen molar-refractivity contribution in [2.75, 3.05) is 14.2 Å². The first kappa shape index (κ1) is 11.5. The summed E-state index contributed by atoms with van der Waals surface area (Å²) in [5.41, 5.74) is 7.30. The first-order chi connectivity index (χ1) is 8.28. The van der Waals surface area contributed by atoms with Crippen molar-refractivity contribution in [3.05, 3.63) is 30.1 Å². The Morgan fingerprint density at radius 2 is 2.12 bits per heavy atom. The molecule has 5 heteroatoms. The lowest BCUT2D eigenvalue weighted by atomic mass is 10.2. The highest BCUT2D eigenvalue weighted by atomic mass is 16.5. The molecule has 0 aliphatic rings. The van der Waals surface area contributed by atoms with Gasteiger partial charge >= 0.3 is 0 Å². The molecule has 0 saturated heterocycles. The van der Waals surface area contributed by atoms with E-state index in [4.69, 9.17) is 15.2 Å². The number of nitrogens with two attached hydrogens (primary N) is 1. The molecule has 90 valence electrons. The molecule has 0 bridgehead atoms. The van der Waals surface area contributed by atoms with E-state index >= 15 is 0 Å². The van der Waals surface area contributed by atoms with Gasteiger partial charge in [0.2, 0.25) is 0 Å². The van der Waals surface area contributed by atoms with Crippen LogP contribution < -0.4 is 15.2 Å². The van der Waals surface area contributed by atoms with E-state index in [2.05, 4.69) is 9.97 Å². The Morgan fingerprint density at radius 3 is 2.71 bits per heavy atom. The van der Waals surface area contributed by atoms with Gasteiger partial charge < -0.3 is 20.2 Å². The minimum absolute atomic E-state index is 0.436. The van der Waals surface area contributed by atoms with Crippen LogP contribution in [0.3, 0.4) is 0 Å². The van der Waals surface area contributed by atoms with Gasteiger partial charge in [-0.25, -0.2) is 4.98 Å². The minimum atomic E-state index is 0.436. The van der Waals surface area contributed by atoms with E-state index in [-0.39, 0.29) is 0 Å². The van der Waals surface area contributed by atoms with Gasteiger partial charge in [0.25, 0.3) is 0 Å². The maximum atomic E-state index is 5.53. The number of nitrogens with one attached hydrogen (secondary N) is 1. The molecule has 17 heavy (non-hydrogen) atoms. The molecule has 2 aromatic rings. The van der Waals surface area contributed by atoms with Gasteiger partial charge in [0.05, 0.1) is 19.8 Å². The molecule has 1 aromatic carbocycles. The number of rotatable bonds is 4. The van der Waals surface area contributed by atoms with E-state index in [9.17, 15) is 0 Å². The van der Waals surface area contributed by atoms with Crippen molar-refractivity contribution in [2.24, 2.45) is 5.73 Å². The number of methoxy groups -OCH3 is 2. The standard InChI is InChI=1S/C12H15N3O2/c1-16-9-3-4-10(11(5-9)17-2)12-14-7-8(6-13)15-12/h3-5,7H,6,13H2,1-2H3,(H,14,15). The van der Waals surface area contributed by atoms with Crippen molar-refractivity contribution in [1.82, 2.24) is 9.97 Å². The lowest BCUT2D eigenvalue weighted by molar-refractivity contribution is 0.395. The van der Waals surface area contributed by atoms with Crippen molar-refractivity contribution < 1.29 is 9.47 Å². The van der Waals surface area contributed by atoms with Crippen LogP contribution in [0.2, 0.25) is 0 Å². The van der Waals surface area contributed by atoms with Crippen molar-refractivity contribution in [3.63, 3.8) is 0 Å². The first-order valence-electron chi connectivity index (χ1n) is 5.25. The number of ether oxygens (including phenoxy) is 2. The summed E-state index contributed by atoms with van der Waals surface area (Å²) in [7, 11) is 3.24. The van der Waals surface area contributed by atoms with E-state index in [0.717, 1.165) is 22.8 Å². The van der Waals surface area contributed by atoms with E-state index in [1.807, 2.05) is 18.2 Å². The molecule has 0 unspecified atom stereocenters. The molecule has 5 nitrogen and oxygen atoms in total. The monoisotopic (exact) mass is 233 g/mol. The summed E-state index contributed by atoms with van der Waals surface area (Å²) in [4.78, 5) is 7.40. The van der Waals surface area contributed by atoms with Crippen molar-refractivity contribution in [1.29, 1.82) is 0 Å². The largest absolute Gasteiger partial charge is 0.497 e. The van der Waals surface area contributed by atoms with Crippen LogP contribution in [-0.4, -0.2) is 24.2 Å². The van der Waals surface area contributed by atoms with Crippen molar-refractivity contribution >= 4 is 0 Å². The molecular formula is C12H15N3O2. The van der Waals surface area contributed by atoms with Gasteiger partial charge in [0.1, 0.15) is 17.3 Å². The SMILES string of the molecule is COc1ccc(-c2ncc(CN)[nH]2)c(OC)c1. The average Bonchev–Trinajstić information content (AvgIpc) is 2.86. The number of hydrogen-bond acceptors (Lipinski definition) is 4. The molecule has 1 heterocycles. The van der Waals surface area contributed by atoms with Crippen molar-refractivity contribution in [2.45, 2.75) is 6.54 Å². The second-order valence-electron chi connectivity index (χ2n) is 3.53. The lowest BCUT2D eigenvalue weighted by Crippen LogP contribution is -1.96. The van der Waals surface area contributed by atoms with Crippen LogP contribution in [-0.2, 0) is 6.54 Å². The number of hydrogen-bond donors (Lipinski definition) is 2. The lowest BCUT2D eigenvalue weighted by Gasteiger charge is -2.08. The van der Waals surface area contributed by atoms with E-state index < -0.39 is 0 Å². The minimum Gasteiger partial charge on any atom is -0.497 e. The highest BCUT2D eigenvalue weighted by molar-refractivity contribution is 5.66. The number of aromatic amines is 1. The Kier molecular flexibility index (Phi) is 3.30. The molecule has 0 atom stereocenters. The zero-order valence-corrected chi connectivity index (χ0v) is 9.86. The highest BCUT2D eigenvalue weighted by Crippen LogP contribution is 2.31. The average molecular weight is 233 g/mol. The molecule has 0 saturated carbocycles. The third-order valence-corrected chi connectivity index (χ3v) is 2.51. The van der Waals surface area contributed by atoms with Crippen LogP contribution in [0.25, 0.3) is 11.4 Å². The molecule has 0 fully saturated rings. The Morgan fingerprint density at radius 1 is 1.29 bits per heavy atom. The number of imidazole rings is 1. The van der Waals surface area contributed by atoms with Crippen molar-refractivity contribution in [3.8, 4) is 22.9 Å². The Labute approximate surface area is 99.6 Å². The van der Waals surface area contributed by atoms with E-state index in [1.165, 1.54) is 0 Å². The first-order valence-corrected chi connectivity index (χ1v) is 5.25. The molecule has 0 aliphatic carbocycles. The topological polar surface area (TPSA) is 73.2 Å². The fourth-order valence-corrected chi connectivity index (χ4v) is 1.59. The summed E-state index contributed by atoms with van der Waals surface area (Å²) in [5.74, 6) is 2.20. The molecule has 0 radical (unpaired) electrons. The van der Waals surface area contributed by atoms with Crippen LogP contribution in [0, 0.1) is 0 Å². The Hall–Kier alpha value is -2.01. The summed E-state index contributed by atoms with van der Waals surface area (Å²) in [6, 6.07) is 5.58. The van der Waals surface area contributed by atoms with Gasteiger partial charge in [-0.05, 0) is 12.1 Å². The van der Waals surface area contributed by atoms with Crippen LogP contribution in [0.1, 0.15) is 5.69 Å². The zero-order chi connectivity index (χ0) is 12.3. The molecule has 0 spiro atoms. The predicted octanol–water partition coefficient (Wildman–Crippen LogP) is 1.55. The second-order valence-corrected chi connectivity index (χ2v) is 3.53. The summed E-state index contributed by atoms with van der Waals surface area (Å²) >= 11 is 0. The fraction of sp³-hybridized carbons (Fsp3) is 0.250. The van der Waals surface area contributed by atoms with Crippen LogP contribution in [0.4, 0.5) is 0 Å². The Bertz CT molecular complexity index is 508. The number of aromatic nitrogens is 2. The normalized spacial score (nSPS) is 10.3. The second kappa shape index (κ2) is 4.88. The summed E-state index contributed by atoms with van der Waals surface area (Å²) in [6.45, 7) is 0.436. The van der Waals surface area contributed by atoms with Gasteiger partial charge in [0.15, 0.2) is 0 Å². The highest BCUT2D eigenvalue weighted by Gasteiger charge is 2.10.